The topological polar surface area (TPSA) is 73.9 Å². The number of carbonyl (C=O) groups is 2. The lowest BCUT2D eigenvalue weighted by atomic mass is 9.68. The predicted octanol–water partition coefficient (Wildman–Crippen LogP) is 5.04. The van der Waals surface area contributed by atoms with E-state index in [0.717, 1.165) is 36.2 Å². The first-order valence-corrected chi connectivity index (χ1v) is 11.4. The van der Waals surface area contributed by atoms with Gasteiger partial charge in [0.1, 0.15) is 0 Å². The van der Waals surface area contributed by atoms with Crippen molar-refractivity contribution < 1.29 is 23.8 Å². The van der Waals surface area contributed by atoms with Crippen LogP contribution in [0.4, 0.5) is 0 Å². The Labute approximate surface area is 191 Å². The number of unbranched alkanes of at least 4 members (excludes halogenated alkanes) is 1. The highest BCUT2D eigenvalue weighted by Crippen LogP contribution is 2.47. The number of hydrogen-bond donors (Lipinski definition) is 1. The Morgan fingerprint density at radius 1 is 1.19 bits per heavy atom. The number of rotatable bonds is 8. The van der Waals surface area contributed by atoms with E-state index in [1.165, 1.54) is 0 Å². The first-order chi connectivity index (χ1) is 15.2. The van der Waals surface area contributed by atoms with Crippen molar-refractivity contribution in [3.05, 3.63) is 46.3 Å². The summed E-state index contributed by atoms with van der Waals surface area (Å²) in [7, 11) is 1.59. The molecule has 0 fully saturated rings. The van der Waals surface area contributed by atoms with Crippen molar-refractivity contribution in [3.63, 3.8) is 0 Å². The molecule has 1 N–H and O–H groups in total. The highest BCUT2D eigenvalue weighted by atomic mass is 16.5. The van der Waals surface area contributed by atoms with Gasteiger partial charge >= 0.3 is 5.97 Å². The number of methoxy groups -OCH3 is 1. The van der Waals surface area contributed by atoms with E-state index >= 15 is 0 Å². The van der Waals surface area contributed by atoms with Gasteiger partial charge in [0.15, 0.2) is 17.3 Å². The quantitative estimate of drug-likeness (QED) is 0.450. The molecule has 0 amide bonds. The number of benzene rings is 1. The highest BCUT2D eigenvalue weighted by Gasteiger charge is 2.43. The molecule has 0 radical (unpaired) electrons. The molecule has 1 aliphatic carbocycles. The van der Waals surface area contributed by atoms with Gasteiger partial charge in [-0.15, -0.1) is 0 Å². The van der Waals surface area contributed by atoms with Crippen molar-refractivity contribution in [1.29, 1.82) is 0 Å². The number of hydrogen-bond acceptors (Lipinski definition) is 6. The second-order valence-corrected chi connectivity index (χ2v) is 9.26. The number of Topliss-reactive ketones (excluding diaryl/α,β-unsaturated/α-hetero) is 1. The van der Waals surface area contributed by atoms with Crippen molar-refractivity contribution in [1.82, 2.24) is 5.32 Å². The van der Waals surface area contributed by atoms with E-state index in [1.54, 1.807) is 7.11 Å². The molecule has 0 saturated carbocycles. The fourth-order valence-corrected chi connectivity index (χ4v) is 4.57. The average Bonchev–Trinajstić information content (AvgIpc) is 2.72. The zero-order valence-corrected chi connectivity index (χ0v) is 20.1. The summed E-state index contributed by atoms with van der Waals surface area (Å²) in [5.41, 5.74) is 3.45. The van der Waals surface area contributed by atoms with E-state index in [-0.39, 0.29) is 17.2 Å². The van der Waals surface area contributed by atoms with Crippen molar-refractivity contribution >= 4 is 11.8 Å². The Morgan fingerprint density at radius 3 is 2.59 bits per heavy atom. The molecule has 32 heavy (non-hydrogen) atoms. The minimum absolute atomic E-state index is 0.0629. The summed E-state index contributed by atoms with van der Waals surface area (Å²) in [6.45, 7) is 10.9. The van der Waals surface area contributed by atoms with Crippen LogP contribution >= 0.6 is 0 Å². The molecular formula is C26H35NO5. The fraction of sp³-hybridized carbons (Fsp3) is 0.538. The number of esters is 1. The summed E-state index contributed by atoms with van der Waals surface area (Å²) < 4.78 is 16.8. The third-order valence-corrected chi connectivity index (χ3v) is 6.01. The molecule has 1 aromatic carbocycles. The smallest absolute Gasteiger partial charge is 0.336 e. The molecule has 2 aliphatic rings. The third kappa shape index (κ3) is 4.84. The Morgan fingerprint density at radius 2 is 1.94 bits per heavy atom. The summed E-state index contributed by atoms with van der Waals surface area (Å²) in [5, 5.41) is 3.37. The first kappa shape index (κ1) is 23.9. The van der Waals surface area contributed by atoms with Crippen LogP contribution in [0.15, 0.2) is 40.7 Å². The minimum Gasteiger partial charge on any atom is -0.493 e. The van der Waals surface area contributed by atoms with Crippen LogP contribution in [0.3, 0.4) is 0 Å². The van der Waals surface area contributed by atoms with Gasteiger partial charge in [0, 0.05) is 29.3 Å². The maximum atomic E-state index is 13.4. The van der Waals surface area contributed by atoms with Crippen LogP contribution in [0.25, 0.3) is 0 Å². The molecular weight excluding hydrogens is 406 g/mol. The van der Waals surface area contributed by atoms with Crippen LogP contribution in [0.5, 0.6) is 11.5 Å². The highest BCUT2D eigenvalue weighted by molar-refractivity contribution is 6.04. The van der Waals surface area contributed by atoms with Gasteiger partial charge in [0.25, 0.3) is 0 Å². The van der Waals surface area contributed by atoms with Gasteiger partial charge in [-0.3, -0.25) is 4.79 Å². The first-order valence-electron chi connectivity index (χ1n) is 11.4. The van der Waals surface area contributed by atoms with Gasteiger partial charge < -0.3 is 19.5 Å². The summed E-state index contributed by atoms with van der Waals surface area (Å²) >= 11 is 0. The summed E-state index contributed by atoms with van der Waals surface area (Å²) in [6.07, 6.45) is 2.92. The number of ether oxygens (including phenoxy) is 3. The summed E-state index contributed by atoms with van der Waals surface area (Å²) in [5.74, 6) is 0.378. The number of allylic oxidation sites excluding steroid dienone is 3. The number of carbonyl (C=O) groups excluding carboxylic acids is 2. The molecule has 1 heterocycles. The zero-order valence-electron chi connectivity index (χ0n) is 20.1. The van der Waals surface area contributed by atoms with Crippen LogP contribution in [0.2, 0.25) is 0 Å². The van der Waals surface area contributed by atoms with E-state index in [4.69, 9.17) is 14.2 Å². The van der Waals surface area contributed by atoms with Gasteiger partial charge in [0.2, 0.25) is 0 Å². The lowest BCUT2D eigenvalue weighted by Crippen LogP contribution is -2.38. The Balaban J connectivity index is 2.12. The number of nitrogens with one attached hydrogen (secondary N) is 1. The van der Waals surface area contributed by atoms with E-state index in [2.05, 4.69) is 26.1 Å². The van der Waals surface area contributed by atoms with Gasteiger partial charge in [-0.25, -0.2) is 4.79 Å². The van der Waals surface area contributed by atoms with Crippen molar-refractivity contribution in [2.45, 2.75) is 66.2 Å². The Bertz CT molecular complexity index is 957. The van der Waals surface area contributed by atoms with Crippen LogP contribution in [-0.4, -0.2) is 32.1 Å². The van der Waals surface area contributed by atoms with Gasteiger partial charge in [-0.2, -0.15) is 0 Å². The summed E-state index contributed by atoms with van der Waals surface area (Å²) in [4.78, 5) is 26.5. The molecule has 0 spiro atoms. The van der Waals surface area contributed by atoms with Crippen molar-refractivity contribution in [2.24, 2.45) is 5.41 Å². The van der Waals surface area contributed by atoms with Crippen LogP contribution < -0.4 is 14.8 Å². The van der Waals surface area contributed by atoms with E-state index in [9.17, 15) is 9.59 Å². The van der Waals surface area contributed by atoms with Crippen molar-refractivity contribution in [2.75, 3.05) is 20.3 Å². The zero-order chi connectivity index (χ0) is 23.5. The molecule has 0 bridgehead atoms. The Kier molecular flexibility index (Phi) is 7.32. The largest absolute Gasteiger partial charge is 0.493 e. The van der Waals surface area contributed by atoms with E-state index in [1.807, 2.05) is 32.0 Å². The lowest BCUT2D eigenvalue weighted by molar-refractivity contribution is -0.139. The standard InChI is InChI=1S/C26H35NO5/c1-7-9-12-32-25(29)22-16(3)27-18-14-26(4,5)15-19(28)24(18)23(22)17-10-11-20(31-8-2)21(13-17)30-6/h10-11,13,23,27H,7-9,12,14-15H2,1-6H3. The van der Waals surface area contributed by atoms with Gasteiger partial charge in [-0.1, -0.05) is 33.3 Å². The molecule has 6 nitrogen and oxygen atoms in total. The van der Waals surface area contributed by atoms with Gasteiger partial charge in [0.05, 0.1) is 25.9 Å². The molecule has 1 atom stereocenters. The van der Waals surface area contributed by atoms with Crippen LogP contribution in [0.1, 0.15) is 71.8 Å². The molecule has 3 rings (SSSR count). The lowest BCUT2D eigenvalue weighted by Gasteiger charge is -2.39. The maximum Gasteiger partial charge on any atom is 0.336 e. The van der Waals surface area contributed by atoms with E-state index in [0.29, 0.717) is 42.3 Å². The molecule has 1 aliphatic heterocycles. The Hall–Kier alpha value is -2.76. The maximum absolute atomic E-state index is 13.4. The molecule has 174 valence electrons. The fourth-order valence-electron chi connectivity index (χ4n) is 4.57. The predicted molar refractivity (Wildman–Crippen MR) is 124 cm³/mol. The second kappa shape index (κ2) is 9.80. The monoisotopic (exact) mass is 441 g/mol. The SMILES string of the molecule is CCCCOC(=O)C1=C(C)NC2=C(C(=O)CC(C)(C)C2)C1c1ccc(OCC)c(OC)c1. The number of dihydropyridines is 1. The van der Waals surface area contributed by atoms with Crippen molar-refractivity contribution in [3.8, 4) is 11.5 Å². The average molecular weight is 442 g/mol. The van der Waals surface area contributed by atoms with Crippen LogP contribution in [0, 0.1) is 5.41 Å². The molecule has 0 saturated heterocycles. The summed E-state index contributed by atoms with van der Waals surface area (Å²) in [6, 6.07) is 5.62. The number of ketones is 1. The van der Waals surface area contributed by atoms with Crippen LogP contribution in [-0.2, 0) is 14.3 Å². The normalized spacial score (nSPS) is 19.9. The van der Waals surface area contributed by atoms with E-state index < -0.39 is 5.92 Å². The minimum atomic E-state index is -0.506. The molecule has 1 unspecified atom stereocenters. The molecule has 0 aromatic heterocycles. The molecule has 1 aromatic rings. The third-order valence-electron chi connectivity index (χ3n) is 6.01. The molecule has 6 heteroatoms. The second-order valence-electron chi connectivity index (χ2n) is 9.26. The van der Waals surface area contributed by atoms with Gasteiger partial charge in [-0.05, 0) is 49.8 Å².